The Hall–Kier alpha value is -2.96. The van der Waals surface area contributed by atoms with Crippen LogP contribution in [0.4, 0.5) is 14.5 Å². The number of aromatic hydroxyl groups is 1. The lowest BCUT2D eigenvalue weighted by molar-refractivity contribution is 0.425. The molecule has 21 heavy (non-hydrogen) atoms. The number of nitrogen functional groups attached to an aromatic ring is 1. The Balaban J connectivity index is 2.01. The van der Waals surface area contributed by atoms with Gasteiger partial charge in [0.15, 0.2) is 11.6 Å². The normalized spacial score (nSPS) is 10.8. The van der Waals surface area contributed by atoms with E-state index in [0.29, 0.717) is 11.3 Å². The highest BCUT2D eigenvalue weighted by atomic mass is 19.2. The van der Waals surface area contributed by atoms with E-state index in [4.69, 9.17) is 10.3 Å². The molecule has 106 valence electrons. The third kappa shape index (κ3) is 2.40. The Labute approximate surface area is 117 Å². The minimum Gasteiger partial charge on any atom is -0.507 e. The van der Waals surface area contributed by atoms with Crippen molar-refractivity contribution in [2.45, 2.75) is 0 Å². The van der Waals surface area contributed by atoms with Crippen LogP contribution in [0, 0.1) is 11.6 Å². The van der Waals surface area contributed by atoms with E-state index >= 15 is 0 Å². The Kier molecular flexibility index (Phi) is 3.02. The second-order valence-electron chi connectivity index (χ2n) is 4.33. The van der Waals surface area contributed by atoms with Gasteiger partial charge in [0.25, 0.3) is 5.89 Å². The van der Waals surface area contributed by atoms with E-state index in [1.165, 1.54) is 18.2 Å². The quantitative estimate of drug-likeness (QED) is 0.708. The molecule has 0 spiro atoms. The first-order chi connectivity index (χ1) is 10.0. The number of nitrogens with zero attached hydrogens (tertiary/aromatic N) is 2. The van der Waals surface area contributed by atoms with Crippen LogP contribution < -0.4 is 5.73 Å². The minimum atomic E-state index is -1.01. The average Bonchev–Trinajstić information content (AvgIpc) is 2.91. The van der Waals surface area contributed by atoms with Crippen molar-refractivity contribution in [2.24, 2.45) is 0 Å². The molecule has 1 aromatic heterocycles. The molecule has 0 saturated heterocycles. The van der Waals surface area contributed by atoms with Crippen molar-refractivity contribution in [1.82, 2.24) is 10.1 Å². The number of halogens is 2. The highest BCUT2D eigenvalue weighted by molar-refractivity contribution is 5.67. The van der Waals surface area contributed by atoms with Crippen LogP contribution in [0.15, 0.2) is 40.9 Å². The van der Waals surface area contributed by atoms with Gasteiger partial charge in [0.1, 0.15) is 5.75 Å². The van der Waals surface area contributed by atoms with Crippen molar-refractivity contribution in [3.8, 4) is 28.6 Å². The molecule has 0 unspecified atom stereocenters. The molecule has 0 amide bonds. The number of hydrogen-bond donors (Lipinski definition) is 2. The van der Waals surface area contributed by atoms with Crippen molar-refractivity contribution in [3.05, 3.63) is 48.0 Å². The zero-order valence-corrected chi connectivity index (χ0v) is 10.5. The highest BCUT2D eigenvalue weighted by Gasteiger charge is 2.15. The van der Waals surface area contributed by atoms with E-state index in [1.54, 1.807) is 6.07 Å². The lowest BCUT2D eigenvalue weighted by Crippen LogP contribution is -1.87. The Morgan fingerprint density at radius 1 is 1.05 bits per heavy atom. The number of aromatic nitrogens is 2. The molecule has 2 aromatic carbocycles. The van der Waals surface area contributed by atoms with Crippen LogP contribution in [0.2, 0.25) is 0 Å². The predicted octanol–water partition coefficient (Wildman–Crippen LogP) is 2.97. The van der Waals surface area contributed by atoms with Gasteiger partial charge in [-0.2, -0.15) is 4.98 Å². The number of nitrogens with two attached hydrogens (primary N) is 1. The smallest absolute Gasteiger partial charge is 0.262 e. The van der Waals surface area contributed by atoms with Crippen molar-refractivity contribution < 1.29 is 18.4 Å². The maximum absolute atomic E-state index is 13.2. The van der Waals surface area contributed by atoms with Crippen LogP contribution in [0.5, 0.6) is 5.75 Å². The molecule has 3 N–H and O–H groups in total. The van der Waals surface area contributed by atoms with Crippen molar-refractivity contribution in [1.29, 1.82) is 0 Å². The lowest BCUT2D eigenvalue weighted by atomic mass is 10.1. The zero-order chi connectivity index (χ0) is 15.0. The van der Waals surface area contributed by atoms with Crippen molar-refractivity contribution >= 4 is 5.69 Å². The number of phenolic OH excluding ortho intramolecular Hbond substituents is 1. The first-order valence-electron chi connectivity index (χ1n) is 5.92. The van der Waals surface area contributed by atoms with Crippen LogP contribution in [0.1, 0.15) is 0 Å². The number of benzene rings is 2. The largest absolute Gasteiger partial charge is 0.507 e. The van der Waals surface area contributed by atoms with Crippen LogP contribution in [-0.2, 0) is 0 Å². The van der Waals surface area contributed by atoms with Gasteiger partial charge in [-0.3, -0.25) is 0 Å². The summed E-state index contributed by atoms with van der Waals surface area (Å²) in [6, 6.07) is 7.70. The molecule has 3 rings (SSSR count). The van der Waals surface area contributed by atoms with Crippen LogP contribution in [0.25, 0.3) is 22.8 Å². The molecule has 0 fully saturated rings. The predicted molar refractivity (Wildman–Crippen MR) is 71.2 cm³/mol. The molecule has 0 aliphatic rings. The summed E-state index contributed by atoms with van der Waals surface area (Å²) in [7, 11) is 0. The lowest BCUT2D eigenvalue weighted by Gasteiger charge is -1.99. The summed E-state index contributed by atoms with van der Waals surface area (Å²) in [6.07, 6.45) is 0. The molecule has 1 heterocycles. The second-order valence-corrected chi connectivity index (χ2v) is 4.33. The highest BCUT2D eigenvalue weighted by Crippen LogP contribution is 2.31. The fourth-order valence-corrected chi connectivity index (χ4v) is 1.81. The molecule has 0 saturated carbocycles. The summed E-state index contributed by atoms with van der Waals surface area (Å²) in [5, 5.41) is 13.5. The van der Waals surface area contributed by atoms with Gasteiger partial charge in [0, 0.05) is 17.3 Å². The molecule has 7 heteroatoms. The van der Waals surface area contributed by atoms with E-state index < -0.39 is 11.6 Å². The third-order valence-electron chi connectivity index (χ3n) is 2.86. The maximum Gasteiger partial charge on any atom is 0.262 e. The number of phenols is 1. The van der Waals surface area contributed by atoms with Gasteiger partial charge in [0.2, 0.25) is 5.82 Å². The molecule has 3 aromatic rings. The SMILES string of the molecule is Nc1ccc(-c2nc(-c3ccc(F)c(F)c3)no2)c(O)c1. The van der Waals surface area contributed by atoms with Crippen LogP contribution >= 0.6 is 0 Å². The first kappa shape index (κ1) is 13.0. The molecule has 0 aliphatic carbocycles. The fourth-order valence-electron chi connectivity index (χ4n) is 1.81. The van der Waals surface area contributed by atoms with E-state index in [1.807, 2.05) is 0 Å². The number of anilines is 1. The average molecular weight is 289 g/mol. The van der Waals surface area contributed by atoms with Gasteiger partial charge in [-0.25, -0.2) is 8.78 Å². The fraction of sp³-hybridized carbons (Fsp3) is 0. The third-order valence-corrected chi connectivity index (χ3v) is 2.86. The summed E-state index contributed by atoms with van der Waals surface area (Å²) in [5.41, 5.74) is 6.47. The molecule has 0 bridgehead atoms. The van der Waals surface area contributed by atoms with E-state index in [2.05, 4.69) is 10.1 Å². The van der Waals surface area contributed by atoms with Gasteiger partial charge in [0.05, 0.1) is 5.56 Å². The first-order valence-corrected chi connectivity index (χ1v) is 5.92. The van der Waals surface area contributed by atoms with Crippen LogP contribution in [-0.4, -0.2) is 15.2 Å². The number of hydrogen-bond acceptors (Lipinski definition) is 5. The van der Waals surface area contributed by atoms with E-state index in [0.717, 1.165) is 12.1 Å². The Morgan fingerprint density at radius 2 is 1.86 bits per heavy atom. The number of rotatable bonds is 2. The maximum atomic E-state index is 13.2. The van der Waals surface area contributed by atoms with E-state index in [9.17, 15) is 13.9 Å². The molecular weight excluding hydrogens is 280 g/mol. The van der Waals surface area contributed by atoms with Gasteiger partial charge in [-0.05, 0) is 30.3 Å². The van der Waals surface area contributed by atoms with Gasteiger partial charge in [-0.1, -0.05) is 5.16 Å². The molecule has 5 nitrogen and oxygen atoms in total. The van der Waals surface area contributed by atoms with E-state index in [-0.39, 0.29) is 23.0 Å². The zero-order valence-electron chi connectivity index (χ0n) is 10.5. The summed E-state index contributed by atoms with van der Waals surface area (Å²) >= 11 is 0. The van der Waals surface area contributed by atoms with Crippen molar-refractivity contribution in [3.63, 3.8) is 0 Å². The second kappa shape index (κ2) is 4.86. The summed E-state index contributed by atoms with van der Waals surface area (Å²) in [5.74, 6) is -1.95. The van der Waals surface area contributed by atoms with Crippen LogP contribution in [0.3, 0.4) is 0 Å². The summed E-state index contributed by atoms with van der Waals surface area (Å²) in [6.45, 7) is 0. The van der Waals surface area contributed by atoms with Gasteiger partial charge in [-0.15, -0.1) is 0 Å². The molecule has 0 radical (unpaired) electrons. The molecular formula is C14H9F2N3O2. The van der Waals surface area contributed by atoms with Gasteiger partial charge < -0.3 is 15.4 Å². The van der Waals surface area contributed by atoms with Gasteiger partial charge >= 0.3 is 0 Å². The topological polar surface area (TPSA) is 85.2 Å². The Bertz CT molecular complexity index is 818. The monoisotopic (exact) mass is 289 g/mol. The standard InChI is InChI=1S/C14H9F2N3O2/c15-10-4-1-7(5-11(10)16)13-18-14(21-19-13)9-3-2-8(17)6-12(9)20/h1-6,20H,17H2. The molecule has 0 atom stereocenters. The molecule has 0 aliphatic heterocycles. The summed E-state index contributed by atoms with van der Waals surface area (Å²) in [4.78, 5) is 4.04. The Morgan fingerprint density at radius 3 is 2.57 bits per heavy atom. The summed E-state index contributed by atoms with van der Waals surface area (Å²) < 4.78 is 31.1. The van der Waals surface area contributed by atoms with Crippen molar-refractivity contribution in [2.75, 3.05) is 5.73 Å². The minimum absolute atomic E-state index is 0.0484.